The summed E-state index contributed by atoms with van der Waals surface area (Å²) >= 11 is 0. The largest absolute Gasteiger partial charge is 0.493 e. The Morgan fingerprint density at radius 1 is 1.32 bits per heavy atom. The lowest BCUT2D eigenvalue weighted by atomic mass is 10.2. The number of methoxy groups -OCH3 is 1. The van der Waals surface area contributed by atoms with Gasteiger partial charge in [0.2, 0.25) is 0 Å². The first-order valence-corrected chi connectivity index (χ1v) is 6.96. The van der Waals surface area contributed by atoms with E-state index in [-0.39, 0.29) is 11.9 Å². The van der Waals surface area contributed by atoms with Gasteiger partial charge >= 0.3 is 0 Å². The van der Waals surface area contributed by atoms with E-state index in [1.54, 1.807) is 25.4 Å². The minimum Gasteiger partial charge on any atom is -0.493 e. The number of fused-ring (bicyclic) bond motifs is 1. The normalized spacial score (nSPS) is 12.1. The monoisotopic (exact) mass is 296 g/mol. The topological polar surface area (TPSA) is 64.4 Å². The number of hydrogen-bond acceptors (Lipinski definition) is 4. The minimum atomic E-state index is -0.259. The summed E-state index contributed by atoms with van der Waals surface area (Å²) in [6.45, 7) is 1.87. The van der Waals surface area contributed by atoms with Crippen molar-refractivity contribution in [2.45, 2.75) is 13.0 Å². The number of carbonyl (C=O) groups is 1. The van der Waals surface area contributed by atoms with E-state index in [1.165, 1.54) is 6.20 Å². The van der Waals surface area contributed by atoms with Crippen molar-refractivity contribution in [1.29, 1.82) is 0 Å². The molecule has 2 aromatic heterocycles. The lowest BCUT2D eigenvalue weighted by molar-refractivity contribution is 0.0935. The van der Waals surface area contributed by atoms with Crippen molar-refractivity contribution in [2.24, 2.45) is 0 Å². The van der Waals surface area contributed by atoms with Crippen LogP contribution in [-0.4, -0.2) is 18.0 Å². The maximum atomic E-state index is 12.1. The van der Waals surface area contributed by atoms with Crippen LogP contribution in [0.2, 0.25) is 0 Å². The Labute approximate surface area is 127 Å². The standard InChI is InChI=1S/C17H16N2O3/c1-11(19-17(20)13-6-4-8-18-10-13)15-9-12-5-3-7-14(21-2)16(12)22-15/h3-11H,1-2H3,(H,19,20)/t11-/m0/s1. The Hall–Kier alpha value is -2.82. The van der Waals surface area contributed by atoms with E-state index < -0.39 is 0 Å². The number of nitrogens with one attached hydrogen (secondary N) is 1. The average Bonchev–Trinajstić information content (AvgIpc) is 2.99. The summed E-state index contributed by atoms with van der Waals surface area (Å²) < 4.78 is 11.1. The van der Waals surface area contributed by atoms with Crippen LogP contribution < -0.4 is 10.1 Å². The fourth-order valence-corrected chi connectivity index (χ4v) is 2.28. The van der Waals surface area contributed by atoms with Gasteiger partial charge in [-0.15, -0.1) is 0 Å². The predicted octanol–water partition coefficient (Wildman–Crippen LogP) is 3.33. The molecule has 0 spiro atoms. The minimum absolute atomic E-state index is 0.187. The van der Waals surface area contributed by atoms with E-state index >= 15 is 0 Å². The van der Waals surface area contributed by atoms with Crippen LogP contribution in [-0.2, 0) is 0 Å². The van der Waals surface area contributed by atoms with Crippen LogP contribution in [0.5, 0.6) is 5.75 Å². The van der Waals surface area contributed by atoms with Crippen LogP contribution in [0, 0.1) is 0 Å². The summed E-state index contributed by atoms with van der Waals surface area (Å²) in [5, 5.41) is 3.84. The van der Waals surface area contributed by atoms with E-state index in [0.717, 1.165) is 5.39 Å². The molecule has 22 heavy (non-hydrogen) atoms. The van der Waals surface area contributed by atoms with Crippen LogP contribution in [0.25, 0.3) is 11.0 Å². The molecule has 5 heteroatoms. The summed E-state index contributed by atoms with van der Waals surface area (Å²) in [4.78, 5) is 16.1. The molecule has 112 valence electrons. The Morgan fingerprint density at radius 3 is 2.91 bits per heavy atom. The number of para-hydroxylation sites is 1. The molecule has 0 aliphatic rings. The molecule has 3 aromatic rings. The Balaban J connectivity index is 1.83. The molecule has 1 amide bonds. The number of rotatable bonds is 4. The lowest BCUT2D eigenvalue weighted by Crippen LogP contribution is -2.26. The highest BCUT2D eigenvalue weighted by molar-refractivity contribution is 5.94. The Morgan fingerprint density at radius 2 is 2.18 bits per heavy atom. The number of aromatic nitrogens is 1. The summed E-state index contributed by atoms with van der Waals surface area (Å²) in [7, 11) is 1.60. The molecule has 0 unspecified atom stereocenters. The number of pyridine rings is 1. The molecule has 1 atom stereocenters. The van der Waals surface area contributed by atoms with Crippen molar-refractivity contribution in [2.75, 3.05) is 7.11 Å². The van der Waals surface area contributed by atoms with Crippen molar-refractivity contribution >= 4 is 16.9 Å². The van der Waals surface area contributed by atoms with Crippen LogP contribution >= 0.6 is 0 Å². The molecule has 0 aliphatic carbocycles. The van der Waals surface area contributed by atoms with Crippen molar-refractivity contribution in [3.63, 3.8) is 0 Å². The highest BCUT2D eigenvalue weighted by Crippen LogP contribution is 2.30. The Kier molecular flexibility index (Phi) is 3.78. The third kappa shape index (κ3) is 2.65. The first-order chi connectivity index (χ1) is 10.7. The number of nitrogens with zero attached hydrogens (tertiary/aromatic N) is 1. The number of ether oxygens (including phenoxy) is 1. The predicted molar refractivity (Wildman–Crippen MR) is 82.9 cm³/mol. The number of amides is 1. The second-order valence-corrected chi connectivity index (χ2v) is 4.96. The molecule has 1 N–H and O–H groups in total. The molecule has 5 nitrogen and oxygen atoms in total. The molecule has 0 aliphatic heterocycles. The van der Waals surface area contributed by atoms with E-state index in [9.17, 15) is 4.79 Å². The van der Waals surface area contributed by atoms with E-state index in [2.05, 4.69) is 10.3 Å². The molecule has 0 radical (unpaired) electrons. The van der Waals surface area contributed by atoms with Crippen LogP contribution in [0.15, 0.2) is 53.2 Å². The third-order valence-corrected chi connectivity index (χ3v) is 3.45. The lowest BCUT2D eigenvalue weighted by Gasteiger charge is -2.11. The van der Waals surface area contributed by atoms with Gasteiger partial charge < -0.3 is 14.5 Å². The van der Waals surface area contributed by atoms with Gasteiger partial charge in [-0.3, -0.25) is 9.78 Å². The van der Waals surface area contributed by atoms with E-state index in [4.69, 9.17) is 9.15 Å². The first-order valence-electron chi connectivity index (χ1n) is 6.96. The zero-order valence-electron chi connectivity index (χ0n) is 12.4. The highest BCUT2D eigenvalue weighted by atomic mass is 16.5. The van der Waals surface area contributed by atoms with Crippen LogP contribution in [0.3, 0.4) is 0 Å². The molecular weight excluding hydrogens is 280 g/mol. The number of carbonyl (C=O) groups excluding carboxylic acids is 1. The fraction of sp³-hybridized carbons (Fsp3) is 0.176. The van der Waals surface area contributed by atoms with Crippen molar-refractivity contribution in [3.8, 4) is 5.75 Å². The zero-order chi connectivity index (χ0) is 15.5. The van der Waals surface area contributed by atoms with Gasteiger partial charge in [-0.25, -0.2) is 0 Å². The van der Waals surface area contributed by atoms with Gasteiger partial charge in [0.25, 0.3) is 5.91 Å². The van der Waals surface area contributed by atoms with Gasteiger partial charge in [0.1, 0.15) is 5.76 Å². The molecule has 2 heterocycles. The fourth-order valence-electron chi connectivity index (χ4n) is 2.28. The Bertz CT molecular complexity index is 796. The number of hydrogen-bond donors (Lipinski definition) is 1. The van der Waals surface area contributed by atoms with Crippen molar-refractivity contribution in [3.05, 3.63) is 60.1 Å². The molecule has 0 saturated carbocycles. The van der Waals surface area contributed by atoms with Crippen LogP contribution in [0.1, 0.15) is 29.1 Å². The average molecular weight is 296 g/mol. The summed E-state index contributed by atoms with van der Waals surface area (Å²) in [5.41, 5.74) is 1.20. The summed E-state index contributed by atoms with van der Waals surface area (Å²) in [5.74, 6) is 1.17. The van der Waals surface area contributed by atoms with E-state index in [1.807, 2.05) is 31.2 Å². The SMILES string of the molecule is COc1cccc2cc([C@H](C)NC(=O)c3cccnc3)oc12. The highest BCUT2D eigenvalue weighted by Gasteiger charge is 2.16. The zero-order valence-corrected chi connectivity index (χ0v) is 12.4. The van der Waals surface area contributed by atoms with Gasteiger partial charge in [0.05, 0.1) is 18.7 Å². The number of furan rings is 1. The second-order valence-electron chi connectivity index (χ2n) is 4.96. The molecular formula is C17H16N2O3. The summed E-state index contributed by atoms with van der Waals surface area (Å²) in [6.07, 6.45) is 3.16. The quantitative estimate of drug-likeness (QED) is 0.802. The van der Waals surface area contributed by atoms with Gasteiger partial charge in [0.15, 0.2) is 11.3 Å². The maximum Gasteiger partial charge on any atom is 0.253 e. The summed E-state index contributed by atoms with van der Waals surface area (Å²) in [6, 6.07) is 10.8. The van der Waals surface area contributed by atoms with Gasteiger partial charge in [-0.2, -0.15) is 0 Å². The first kappa shape index (κ1) is 14.1. The number of benzene rings is 1. The van der Waals surface area contributed by atoms with Crippen molar-refractivity contribution in [1.82, 2.24) is 10.3 Å². The molecule has 0 saturated heterocycles. The maximum absolute atomic E-state index is 12.1. The second kappa shape index (κ2) is 5.89. The van der Waals surface area contributed by atoms with Gasteiger partial charge in [-0.1, -0.05) is 12.1 Å². The molecule has 0 bridgehead atoms. The van der Waals surface area contributed by atoms with Gasteiger partial charge in [0, 0.05) is 17.8 Å². The molecule has 3 rings (SSSR count). The smallest absolute Gasteiger partial charge is 0.253 e. The van der Waals surface area contributed by atoms with Crippen LogP contribution in [0.4, 0.5) is 0 Å². The molecule has 0 fully saturated rings. The van der Waals surface area contributed by atoms with E-state index in [0.29, 0.717) is 22.7 Å². The molecule has 1 aromatic carbocycles. The van der Waals surface area contributed by atoms with Gasteiger partial charge in [-0.05, 0) is 31.2 Å². The van der Waals surface area contributed by atoms with Crippen molar-refractivity contribution < 1.29 is 13.9 Å². The third-order valence-electron chi connectivity index (χ3n) is 3.45.